The number of aliphatic hydroxyl groups is 1. The first-order valence-electron chi connectivity index (χ1n) is 5.32. The molecule has 1 unspecified atom stereocenters. The van der Waals surface area contributed by atoms with Crippen LogP contribution in [0.4, 0.5) is 18.9 Å². The summed E-state index contributed by atoms with van der Waals surface area (Å²) < 4.78 is 36.0. The molecule has 0 aliphatic heterocycles. The Bertz CT molecular complexity index is 346. The Morgan fingerprint density at radius 3 is 2.12 bits per heavy atom. The maximum absolute atomic E-state index is 12.0. The Morgan fingerprint density at radius 1 is 1.18 bits per heavy atom. The van der Waals surface area contributed by atoms with Crippen LogP contribution in [-0.2, 0) is 0 Å². The van der Waals surface area contributed by atoms with E-state index in [1.54, 1.807) is 24.3 Å². The molecule has 5 heteroatoms. The van der Waals surface area contributed by atoms with Crippen LogP contribution in [0, 0.1) is 0 Å². The first-order valence-corrected chi connectivity index (χ1v) is 5.32. The number of aliphatic hydroxyl groups excluding tert-OH is 1. The van der Waals surface area contributed by atoms with E-state index in [-0.39, 0.29) is 6.42 Å². The van der Waals surface area contributed by atoms with Crippen LogP contribution in [0.2, 0.25) is 0 Å². The molecule has 1 atom stereocenters. The van der Waals surface area contributed by atoms with E-state index < -0.39 is 18.7 Å². The van der Waals surface area contributed by atoms with Crippen LogP contribution in [0.25, 0.3) is 0 Å². The van der Waals surface area contributed by atoms with Gasteiger partial charge in [0, 0.05) is 26.2 Å². The van der Waals surface area contributed by atoms with Gasteiger partial charge in [0.15, 0.2) is 0 Å². The maximum Gasteiger partial charge on any atom is 0.389 e. The minimum Gasteiger partial charge on any atom is -0.388 e. The highest BCUT2D eigenvalue weighted by Gasteiger charge is 2.28. The Balaban J connectivity index is 2.60. The summed E-state index contributed by atoms with van der Waals surface area (Å²) in [5, 5.41) is 9.60. The lowest BCUT2D eigenvalue weighted by molar-refractivity contribution is -0.140. The molecule has 0 fully saturated rings. The van der Waals surface area contributed by atoms with Crippen LogP contribution in [-0.4, -0.2) is 25.4 Å². The lowest BCUT2D eigenvalue weighted by Crippen LogP contribution is -2.11. The second-order valence-corrected chi connectivity index (χ2v) is 4.16. The quantitative estimate of drug-likeness (QED) is 0.883. The summed E-state index contributed by atoms with van der Waals surface area (Å²) >= 11 is 0. The number of hydrogen-bond acceptors (Lipinski definition) is 2. The van der Waals surface area contributed by atoms with Gasteiger partial charge in [0.1, 0.15) is 0 Å². The minimum absolute atomic E-state index is 0.301. The van der Waals surface area contributed by atoms with Gasteiger partial charge in [-0.1, -0.05) is 12.1 Å². The largest absolute Gasteiger partial charge is 0.389 e. The number of benzene rings is 1. The molecule has 96 valence electrons. The molecular weight excluding hydrogens is 231 g/mol. The van der Waals surface area contributed by atoms with Gasteiger partial charge < -0.3 is 10.0 Å². The summed E-state index contributed by atoms with van der Waals surface area (Å²) in [6.45, 7) is 0. The van der Waals surface area contributed by atoms with E-state index in [1.807, 2.05) is 19.0 Å². The van der Waals surface area contributed by atoms with Crippen LogP contribution in [0.1, 0.15) is 24.5 Å². The Labute approximate surface area is 98.7 Å². The Morgan fingerprint density at radius 2 is 1.71 bits per heavy atom. The van der Waals surface area contributed by atoms with Crippen LogP contribution in [0.15, 0.2) is 24.3 Å². The zero-order valence-electron chi connectivity index (χ0n) is 9.83. The van der Waals surface area contributed by atoms with Gasteiger partial charge in [0.05, 0.1) is 6.10 Å². The van der Waals surface area contributed by atoms with E-state index in [4.69, 9.17) is 0 Å². The summed E-state index contributed by atoms with van der Waals surface area (Å²) in [6.07, 6.45) is -6.55. The average Bonchev–Trinajstić information content (AvgIpc) is 2.25. The van der Waals surface area contributed by atoms with Crippen molar-refractivity contribution in [1.82, 2.24) is 0 Å². The van der Waals surface area contributed by atoms with Gasteiger partial charge in [-0.15, -0.1) is 0 Å². The van der Waals surface area contributed by atoms with Gasteiger partial charge in [0.2, 0.25) is 0 Å². The lowest BCUT2D eigenvalue weighted by atomic mass is 10.0. The van der Waals surface area contributed by atoms with E-state index in [2.05, 4.69) is 0 Å². The molecule has 0 radical (unpaired) electrons. The Hall–Kier alpha value is -1.23. The zero-order valence-corrected chi connectivity index (χ0v) is 9.83. The third kappa shape index (κ3) is 4.65. The molecule has 1 aromatic rings. The first kappa shape index (κ1) is 13.8. The number of hydrogen-bond donors (Lipinski definition) is 1. The third-order valence-electron chi connectivity index (χ3n) is 2.50. The fourth-order valence-corrected chi connectivity index (χ4v) is 1.46. The molecule has 0 saturated heterocycles. The van der Waals surface area contributed by atoms with Crippen molar-refractivity contribution >= 4 is 5.69 Å². The normalized spacial score (nSPS) is 13.5. The molecule has 0 aliphatic carbocycles. The second-order valence-electron chi connectivity index (χ2n) is 4.16. The van der Waals surface area contributed by atoms with Crippen molar-refractivity contribution in [2.75, 3.05) is 19.0 Å². The highest BCUT2D eigenvalue weighted by Crippen LogP contribution is 2.28. The fourth-order valence-electron chi connectivity index (χ4n) is 1.46. The van der Waals surface area contributed by atoms with Crippen molar-refractivity contribution in [2.24, 2.45) is 0 Å². The summed E-state index contributed by atoms with van der Waals surface area (Å²) in [5.41, 5.74) is 1.46. The standard InChI is InChI=1S/C12H16F3NO/c1-16(2)10-5-3-9(4-6-10)11(17)7-8-12(13,14)15/h3-6,11,17H,7-8H2,1-2H3. The molecule has 0 heterocycles. The molecule has 0 bridgehead atoms. The summed E-state index contributed by atoms with van der Waals surface area (Å²) in [6, 6.07) is 6.84. The molecule has 0 amide bonds. The number of rotatable bonds is 4. The predicted octanol–water partition coefficient (Wildman–Crippen LogP) is 3.13. The molecule has 1 N–H and O–H groups in total. The SMILES string of the molecule is CN(C)c1ccc(C(O)CCC(F)(F)F)cc1. The highest BCUT2D eigenvalue weighted by molar-refractivity contribution is 5.46. The first-order chi connectivity index (χ1) is 7.79. The van der Waals surface area contributed by atoms with E-state index in [0.29, 0.717) is 5.56 Å². The van der Waals surface area contributed by atoms with Crippen molar-refractivity contribution in [3.63, 3.8) is 0 Å². The van der Waals surface area contributed by atoms with E-state index in [9.17, 15) is 18.3 Å². The molecule has 1 aromatic carbocycles. The van der Waals surface area contributed by atoms with Gasteiger partial charge >= 0.3 is 6.18 Å². The average molecular weight is 247 g/mol. The second kappa shape index (κ2) is 5.40. The van der Waals surface area contributed by atoms with E-state index in [1.165, 1.54) is 0 Å². The molecule has 0 saturated carbocycles. The monoisotopic (exact) mass is 247 g/mol. The van der Waals surface area contributed by atoms with Crippen LogP contribution >= 0.6 is 0 Å². The predicted molar refractivity (Wildman–Crippen MR) is 61.0 cm³/mol. The number of nitrogens with zero attached hydrogens (tertiary/aromatic N) is 1. The van der Waals surface area contributed by atoms with Gasteiger partial charge in [-0.05, 0) is 24.1 Å². The summed E-state index contributed by atoms with van der Waals surface area (Å²) in [4.78, 5) is 1.88. The molecule has 2 nitrogen and oxygen atoms in total. The molecule has 0 aliphatic rings. The van der Waals surface area contributed by atoms with Crippen molar-refractivity contribution < 1.29 is 18.3 Å². The Kier molecular flexibility index (Phi) is 4.40. The van der Waals surface area contributed by atoms with Crippen LogP contribution in [0.3, 0.4) is 0 Å². The van der Waals surface area contributed by atoms with Gasteiger partial charge in [-0.2, -0.15) is 13.2 Å². The van der Waals surface area contributed by atoms with Crippen molar-refractivity contribution in [3.8, 4) is 0 Å². The zero-order chi connectivity index (χ0) is 13.1. The van der Waals surface area contributed by atoms with Gasteiger partial charge in [-0.3, -0.25) is 0 Å². The molecule has 1 rings (SSSR count). The summed E-state index contributed by atoms with van der Waals surface area (Å²) in [7, 11) is 3.74. The lowest BCUT2D eigenvalue weighted by Gasteiger charge is -2.15. The van der Waals surface area contributed by atoms with Crippen molar-refractivity contribution in [3.05, 3.63) is 29.8 Å². The van der Waals surface area contributed by atoms with Gasteiger partial charge in [-0.25, -0.2) is 0 Å². The summed E-state index contributed by atoms with van der Waals surface area (Å²) in [5.74, 6) is 0. The molecule has 0 aromatic heterocycles. The smallest absolute Gasteiger partial charge is 0.388 e. The van der Waals surface area contributed by atoms with Crippen LogP contribution < -0.4 is 4.90 Å². The number of halogens is 3. The van der Waals surface area contributed by atoms with E-state index >= 15 is 0 Å². The molecule has 0 spiro atoms. The van der Waals surface area contributed by atoms with Crippen molar-refractivity contribution in [2.45, 2.75) is 25.1 Å². The third-order valence-corrected chi connectivity index (χ3v) is 2.50. The van der Waals surface area contributed by atoms with Crippen LogP contribution in [0.5, 0.6) is 0 Å². The van der Waals surface area contributed by atoms with Gasteiger partial charge in [0.25, 0.3) is 0 Å². The minimum atomic E-state index is -4.22. The van der Waals surface area contributed by atoms with Crippen molar-refractivity contribution in [1.29, 1.82) is 0 Å². The highest BCUT2D eigenvalue weighted by atomic mass is 19.4. The maximum atomic E-state index is 12.0. The molecule has 17 heavy (non-hydrogen) atoms. The number of alkyl halides is 3. The molecular formula is C12H16F3NO. The van der Waals surface area contributed by atoms with E-state index in [0.717, 1.165) is 5.69 Å². The topological polar surface area (TPSA) is 23.5 Å². The number of anilines is 1. The fraction of sp³-hybridized carbons (Fsp3) is 0.500.